The van der Waals surface area contributed by atoms with Gasteiger partial charge in [-0.3, -0.25) is 19.7 Å². The highest BCUT2D eigenvalue weighted by Gasteiger charge is 2.24. The van der Waals surface area contributed by atoms with Crippen LogP contribution >= 0.6 is 0 Å². The molecule has 108 valence electrons. The van der Waals surface area contributed by atoms with Crippen molar-refractivity contribution in [3.05, 3.63) is 39.4 Å². The number of carboxylic acids is 1. The Kier molecular flexibility index (Phi) is 5.33. The highest BCUT2D eigenvalue weighted by atomic mass is 16.6. The van der Waals surface area contributed by atoms with Gasteiger partial charge in [0.25, 0.3) is 5.69 Å². The number of nitro groups is 1. The van der Waals surface area contributed by atoms with Crippen LogP contribution in [0.5, 0.6) is 0 Å². The molecule has 0 aliphatic rings. The van der Waals surface area contributed by atoms with Gasteiger partial charge in [-0.15, -0.1) is 0 Å². The summed E-state index contributed by atoms with van der Waals surface area (Å²) in [5.74, 6) is -1.57. The molecule has 0 fully saturated rings. The molecule has 0 radical (unpaired) electrons. The number of carbonyl (C=O) groups excluding carboxylic acids is 1. The van der Waals surface area contributed by atoms with Crippen molar-refractivity contribution >= 4 is 17.4 Å². The first-order chi connectivity index (χ1) is 9.36. The van der Waals surface area contributed by atoms with Gasteiger partial charge < -0.3 is 10.4 Å². The molecule has 1 unspecified atom stereocenters. The number of nitrogens with one attached hydrogen (secondary N) is 1. The molecule has 1 aromatic carbocycles. The van der Waals surface area contributed by atoms with Crippen LogP contribution in [0.25, 0.3) is 0 Å². The van der Waals surface area contributed by atoms with Gasteiger partial charge >= 0.3 is 5.97 Å². The van der Waals surface area contributed by atoms with Gasteiger partial charge in [0.05, 0.1) is 17.4 Å². The minimum absolute atomic E-state index is 0.134. The monoisotopic (exact) mass is 280 g/mol. The SMILES string of the molecule is CCNC(CC(=O)O)C(=O)c1ccc(C)c([N+](=O)[O-])c1. The number of nitrogens with zero attached hydrogens (tertiary/aromatic N) is 1. The molecule has 1 atom stereocenters. The Bertz CT molecular complexity index is 542. The number of rotatable bonds is 7. The van der Waals surface area contributed by atoms with Gasteiger partial charge in [-0.1, -0.05) is 19.1 Å². The van der Waals surface area contributed by atoms with Crippen LogP contribution in [0.2, 0.25) is 0 Å². The Hall–Kier alpha value is -2.28. The first-order valence-corrected chi connectivity index (χ1v) is 6.11. The summed E-state index contributed by atoms with van der Waals surface area (Å²) in [5, 5.41) is 22.4. The van der Waals surface area contributed by atoms with Crippen molar-refractivity contribution in [1.29, 1.82) is 0 Å². The number of carboxylic acid groups (broad SMARTS) is 1. The highest BCUT2D eigenvalue weighted by Crippen LogP contribution is 2.20. The molecular weight excluding hydrogens is 264 g/mol. The third-order valence-electron chi connectivity index (χ3n) is 2.84. The maximum Gasteiger partial charge on any atom is 0.305 e. The molecule has 0 amide bonds. The summed E-state index contributed by atoms with van der Waals surface area (Å²) in [7, 11) is 0. The smallest absolute Gasteiger partial charge is 0.305 e. The Balaban J connectivity index is 3.08. The Labute approximate surface area is 115 Å². The zero-order valence-corrected chi connectivity index (χ0v) is 11.3. The highest BCUT2D eigenvalue weighted by molar-refractivity contribution is 6.02. The standard InChI is InChI=1S/C13H16N2O5/c1-3-14-10(7-12(16)17)13(18)9-5-4-8(2)11(6-9)15(19)20/h4-6,10,14H,3,7H2,1-2H3,(H,16,17). The molecule has 7 heteroatoms. The van der Waals surface area contributed by atoms with Crippen molar-refractivity contribution < 1.29 is 19.6 Å². The topological polar surface area (TPSA) is 110 Å². The second-order valence-electron chi connectivity index (χ2n) is 4.33. The molecule has 0 spiro atoms. The fraction of sp³-hybridized carbons (Fsp3) is 0.385. The van der Waals surface area contributed by atoms with E-state index in [-0.39, 0.29) is 17.7 Å². The summed E-state index contributed by atoms with van der Waals surface area (Å²) in [6.45, 7) is 3.75. The molecule has 0 heterocycles. The van der Waals surface area contributed by atoms with Gasteiger partial charge in [0.2, 0.25) is 0 Å². The first kappa shape index (κ1) is 15.8. The fourth-order valence-electron chi connectivity index (χ4n) is 1.84. The maximum absolute atomic E-state index is 12.2. The number of benzene rings is 1. The predicted octanol–water partition coefficient (Wildman–Crippen LogP) is 1.54. The maximum atomic E-state index is 12.2. The van der Waals surface area contributed by atoms with Crippen molar-refractivity contribution in [2.75, 3.05) is 6.54 Å². The lowest BCUT2D eigenvalue weighted by atomic mass is 9.99. The largest absolute Gasteiger partial charge is 0.481 e. The van der Waals surface area contributed by atoms with Crippen LogP contribution in [0.1, 0.15) is 29.3 Å². The zero-order valence-electron chi connectivity index (χ0n) is 11.3. The van der Waals surface area contributed by atoms with E-state index in [0.29, 0.717) is 12.1 Å². The van der Waals surface area contributed by atoms with Crippen LogP contribution < -0.4 is 5.32 Å². The molecule has 1 rings (SSSR count). The van der Waals surface area contributed by atoms with Gasteiger partial charge in [0, 0.05) is 17.2 Å². The van der Waals surface area contributed by atoms with Gasteiger partial charge in [-0.05, 0) is 13.5 Å². The Morgan fingerprint density at radius 3 is 2.60 bits per heavy atom. The number of aryl methyl sites for hydroxylation is 1. The molecule has 2 N–H and O–H groups in total. The van der Waals surface area contributed by atoms with Crippen LogP contribution in [0.4, 0.5) is 5.69 Å². The molecule has 0 aliphatic heterocycles. The molecule has 0 bridgehead atoms. The van der Waals surface area contributed by atoms with Crippen LogP contribution in [0.15, 0.2) is 18.2 Å². The van der Waals surface area contributed by atoms with Crippen molar-refractivity contribution in [3.63, 3.8) is 0 Å². The van der Waals surface area contributed by atoms with Crippen molar-refractivity contribution in [2.24, 2.45) is 0 Å². The van der Waals surface area contributed by atoms with E-state index in [9.17, 15) is 19.7 Å². The number of carbonyl (C=O) groups is 2. The summed E-state index contributed by atoms with van der Waals surface area (Å²) in [6, 6.07) is 3.25. The number of hydrogen-bond donors (Lipinski definition) is 2. The summed E-state index contributed by atoms with van der Waals surface area (Å²) >= 11 is 0. The van der Waals surface area contributed by atoms with E-state index in [1.54, 1.807) is 13.8 Å². The molecule has 0 aromatic heterocycles. The van der Waals surface area contributed by atoms with Crippen molar-refractivity contribution in [3.8, 4) is 0 Å². The number of hydrogen-bond acceptors (Lipinski definition) is 5. The van der Waals surface area contributed by atoms with Crippen LogP contribution in [-0.4, -0.2) is 34.4 Å². The van der Waals surface area contributed by atoms with Gasteiger partial charge in [0.15, 0.2) is 5.78 Å². The fourth-order valence-corrected chi connectivity index (χ4v) is 1.84. The number of Topliss-reactive ketones (excluding diaryl/α,β-unsaturated/α-hetero) is 1. The second kappa shape index (κ2) is 6.76. The molecule has 0 saturated heterocycles. The van der Waals surface area contributed by atoms with Gasteiger partial charge in [0.1, 0.15) is 0 Å². The third kappa shape index (κ3) is 3.86. The lowest BCUT2D eigenvalue weighted by molar-refractivity contribution is -0.385. The average Bonchev–Trinajstić information content (AvgIpc) is 2.37. The normalized spacial score (nSPS) is 11.9. The van der Waals surface area contributed by atoms with E-state index in [4.69, 9.17) is 5.11 Å². The predicted molar refractivity (Wildman–Crippen MR) is 71.9 cm³/mol. The lowest BCUT2D eigenvalue weighted by Gasteiger charge is -2.14. The van der Waals surface area contributed by atoms with E-state index >= 15 is 0 Å². The first-order valence-electron chi connectivity index (χ1n) is 6.11. The van der Waals surface area contributed by atoms with Crippen LogP contribution in [0, 0.1) is 17.0 Å². The number of likely N-dealkylation sites (N-methyl/N-ethyl adjacent to an activating group) is 1. The number of nitro benzene ring substituents is 1. The summed E-state index contributed by atoms with van der Waals surface area (Å²) < 4.78 is 0. The van der Waals surface area contributed by atoms with E-state index < -0.39 is 22.7 Å². The summed E-state index contributed by atoms with van der Waals surface area (Å²) in [6.07, 6.45) is -0.367. The minimum Gasteiger partial charge on any atom is -0.481 e. The quantitative estimate of drug-likeness (QED) is 0.445. The van der Waals surface area contributed by atoms with E-state index in [1.165, 1.54) is 18.2 Å². The molecular formula is C13H16N2O5. The van der Waals surface area contributed by atoms with Gasteiger partial charge in [-0.2, -0.15) is 0 Å². The van der Waals surface area contributed by atoms with E-state index in [2.05, 4.69) is 5.32 Å². The molecule has 20 heavy (non-hydrogen) atoms. The number of ketones is 1. The van der Waals surface area contributed by atoms with E-state index in [0.717, 1.165) is 0 Å². The van der Waals surface area contributed by atoms with Crippen molar-refractivity contribution in [2.45, 2.75) is 26.3 Å². The van der Waals surface area contributed by atoms with Crippen LogP contribution in [-0.2, 0) is 4.79 Å². The summed E-state index contributed by atoms with van der Waals surface area (Å²) in [5.41, 5.74) is 0.431. The Morgan fingerprint density at radius 1 is 1.45 bits per heavy atom. The third-order valence-corrected chi connectivity index (χ3v) is 2.84. The Morgan fingerprint density at radius 2 is 2.10 bits per heavy atom. The van der Waals surface area contributed by atoms with E-state index in [1.807, 2.05) is 0 Å². The number of aliphatic carboxylic acids is 1. The molecule has 1 aromatic rings. The van der Waals surface area contributed by atoms with Gasteiger partial charge in [-0.25, -0.2) is 0 Å². The second-order valence-corrected chi connectivity index (χ2v) is 4.33. The van der Waals surface area contributed by atoms with Crippen LogP contribution in [0.3, 0.4) is 0 Å². The zero-order chi connectivity index (χ0) is 15.3. The molecule has 0 saturated carbocycles. The van der Waals surface area contributed by atoms with Crippen molar-refractivity contribution in [1.82, 2.24) is 5.32 Å². The summed E-state index contributed by atoms with van der Waals surface area (Å²) in [4.78, 5) is 33.2. The average molecular weight is 280 g/mol. The minimum atomic E-state index is -1.11. The molecule has 7 nitrogen and oxygen atoms in total. The lowest BCUT2D eigenvalue weighted by Crippen LogP contribution is -2.38. The molecule has 0 aliphatic carbocycles.